The number of thiophene rings is 1. The van der Waals surface area contributed by atoms with Crippen LogP contribution in [0.3, 0.4) is 0 Å². The Morgan fingerprint density at radius 1 is 1.25 bits per heavy atom. The van der Waals surface area contributed by atoms with E-state index in [0.29, 0.717) is 26.5 Å². The Bertz CT molecular complexity index is 923. The van der Waals surface area contributed by atoms with Crippen LogP contribution in [-0.2, 0) is 9.53 Å². The highest BCUT2D eigenvalue weighted by Crippen LogP contribution is 2.32. The number of nitrogens with one attached hydrogen (secondary N) is 1. The van der Waals surface area contributed by atoms with Gasteiger partial charge in [-0.05, 0) is 24.3 Å². The normalized spacial score (nSPS) is 10.6. The number of rotatable bonds is 4. The van der Waals surface area contributed by atoms with Gasteiger partial charge in [0.15, 0.2) is 0 Å². The van der Waals surface area contributed by atoms with Crippen LogP contribution in [0.25, 0.3) is 21.5 Å². The van der Waals surface area contributed by atoms with Gasteiger partial charge in [-0.1, -0.05) is 29.8 Å². The van der Waals surface area contributed by atoms with E-state index in [1.807, 2.05) is 30.3 Å². The van der Waals surface area contributed by atoms with Crippen molar-refractivity contribution in [3.8, 4) is 10.6 Å². The van der Waals surface area contributed by atoms with Gasteiger partial charge < -0.3 is 10.1 Å². The first kappa shape index (κ1) is 16.4. The van der Waals surface area contributed by atoms with Crippen LogP contribution in [0, 0.1) is 0 Å². The average molecular weight is 361 g/mol. The van der Waals surface area contributed by atoms with Crippen molar-refractivity contribution in [3.63, 3.8) is 0 Å². The van der Waals surface area contributed by atoms with E-state index in [2.05, 4.69) is 15.0 Å². The summed E-state index contributed by atoms with van der Waals surface area (Å²) in [5.41, 5.74) is 1.81. The van der Waals surface area contributed by atoms with Gasteiger partial charge in [0.2, 0.25) is 0 Å². The number of hydrogen-bond donors (Lipinski definition) is 1. The molecule has 3 rings (SSSR count). The first-order valence-electron chi connectivity index (χ1n) is 7.09. The number of ether oxygens (including phenoxy) is 1. The Balaban J connectivity index is 2.04. The number of benzene rings is 1. The molecule has 2 aromatic heterocycles. The van der Waals surface area contributed by atoms with Crippen molar-refractivity contribution in [2.75, 3.05) is 13.7 Å². The number of para-hydroxylation sites is 1. The number of amides is 1. The van der Waals surface area contributed by atoms with Crippen molar-refractivity contribution < 1.29 is 14.3 Å². The minimum Gasteiger partial charge on any atom is -0.468 e. The van der Waals surface area contributed by atoms with E-state index in [1.54, 1.807) is 12.1 Å². The van der Waals surface area contributed by atoms with Crippen LogP contribution in [-0.4, -0.2) is 30.5 Å². The molecule has 3 aromatic rings. The van der Waals surface area contributed by atoms with Gasteiger partial charge in [0.25, 0.3) is 5.91 Å². The van der Waals surface area contributed by atoms with Crippen LogP contribution in [0.4, 0.5) is 0 Å². The fraction of sp³-hybridized carbons (Fsp3) is 0.118. The number of aromatic nitrogens is 1. The summed E-state index contributed by atoms with van der Waals surface area (Å²) in [6.07, 6.45) is 0. The number of hydrogen-bond acceptors (Lipinski definition) is 5. The van der Waals surface area contributed by atoms with Gasteiger partial charge in [-0.3, -0.25) is 9.59 Å². The number of carbonyl (C=O) groups excluding carboxylic acids is 2. The van der Waals surface area contributed by atoms with E-state index < -0.39 is 5.97 Å². The SMILES string of the molecule is COC(=O)CNC(=O)c1cc(-c2ccc(Cl)s2)nc2ccccc12. The van der Waals surface area contributed by atoms with Gasteiger partial charge in [-0.25, -0.2) is 4.98 Å². The smallest absolute Gasteiger partial charge is 0.325 e. The number of halogens is 1. The summed E-state index contributed by atoms with van der Waals surface area (Å²) >= 11 is 7.38. The number of carbonyl (C=O) groups is 2. The summed E-state index contributed by atoms with van der Waals surface area (Å²) in [4.78, 5) is 29.2. The second kappa shape index (κ2) is 6.98. The Kier molecular flexibility index (Phi) is 4.78. The first-order valence-corrected chi connectivity index (χ1v) is 8.28. The zero-order valence-corrected chi connectivity index (χ0v) is 14.3. The van der Waals surface area contributed by atoms with Gasteiger partial charge >= 0.3 is 5.97 Å². The predicted molar refractivity (Wildman–Crippen MR) is 94.4 cm³/mol. The molecule has 1 amide bonds. The third-order valence-corrected chi connectivity index (χ3v) is 4.66. The third-order valence-electron chi connectivity index (χ3n) is 3.41. The average Bonchev–Trinajstić information content (AvgIpc) is 3.04. The van der Waals surface area contributed by atoms with Gasteiger partial charge in [0.1, 0.15) is 6.54 Å². The van der Waals surface area contributed by atoms with Gasteiger partial charge in [-0.2, -0.15) is 0 Å². The molecule has 122 valence electrons. The summed E-state index contributed by atoms with van der Waals surface area (Å²) in [6, 6.07) is 12.7. The van der Waals surface area contributed by atoms with Crippen molar-refractivity contribution in [1.82, 2.24) is 10.3 Å². The van der Waals surface area contributed by atoms with Crippen molar-refractivity contribution in [2.24, 2.45) is 0 Å². The molecule has 0 aliphatic rings. The maximum absolute atomic E-state index is 12.5. The largest absolute Gasteiger partial charge is 0.468 e. The standard InChI is InChI=1S/C17H13ClN2O3S/c1-23-16(21)9-19-17(22)11-8-13(14-6-7-15(18)24-14)20-12-5-3-2-4-10(11)12/h2-8H,9H2,1H3,(H,19,22). The highest BCUT2D eigenvalue weighted by molar-refractivity contribution is 7.19. The summed E-state index contributed by atoms with van der Waals surface area (Å²) in [5, 5.41) is 3.28. The van der Waals surface area contributed by atoms with Crippen LogP contribution < -0.4 is 5.32 Å². The lowest BCUT2D eigenvalue weighted by Gasteiger charge is -2.09. The summed E-state index contributed by atoms with van der Waals surface area (Å²) in [7, 11) is 1.27. The lowest BCUT2D eigenvalue weighted by Crippen LogP contribution is -2.30. The Hall–Kier alpha value is -2.44. The monoisotopic (exact) mass is 360 g/mol. The highest BCUT2D eigenvalue weighted by Gasteiger charge is 2.15. The maximum atomic E-state index is 12.5. The fourth-order valence-electron chi connectivity index (χ4n) is 2.26. The molecule has 0 aliphatic heterocycles. The second-order valence-corrected chi connectivity index (χ2v) is 6.65. The van der Waals surface area contributed by atoms with Crippen LogP contribution in [0.1, 0.15) is 10.4 Å². The number of nitrogens with zero attached hydrogens (tertiary/aromatic N) is 1. The van der Waals surface area contributed by atoms with Gasteiger partial charge in [0, 0.05) is 5.39 Å². The minimum absolute atomic E-state index is 0.188. The molecule has 24 heavy (non-hydrogen) atoms. The number of esters is 1. The maximum Gasteiger partial charge on any atom is 0.325 e. The summed E-state index contributed by atoms with van der Waals surface area (Å²) in [6.45, 7) is -0.188. The van der Waals surface area contributed by atoms with E-state index >= 15 is 0 Å². The molecule has 0 spiro atoms. The van der Waals surface area contributed by atoms with E-state index in [9.17, 15) is 9.59 Å². The van der Waals surface area contributed by atoms with Crippen molar-refractivity contribution in [2.45, 2.75) is 0 Å². The molecule has 1 aromatic carbocycles. The van der Waals surface area contributed by atoms with Crippen LogP contribution in [0.2, 0.25) is 4.34 Å². The molecule has 0 fully saturated rings. The van der Waals surface area contributed by atoms with Crippen LogP contribution in [0.5, 0.6) is 0 Å². The molecule has 7 heteroatoms. The van der Waals surface area contributed by atoms with Crippen molar-refractivity contribution in [3.05, 3.63) is 52.4 Å². The summed E-state index contributed by atoms with van der Waals surface area (Å²) in [5.74, 6) is -0.866. The van der Waals surface area contributed by atoms with E-state index in [1.165, 1.54) is 18.4 Å². The molecule has 0 saturated heterocycles. The summed E-state index contributed by atoms with van der Waals surface area (Å²) < 4.78 is 5.19. The van der Waals surface area contributed by atoms with E-state index in [4.69, 9.17) is 11.6 Å². The van der Waals surface area contributed by atoms with Crippen molar-refractivity contribution >= 4 is 45.7 Å². The lowest BCUT2D eigenvalue weighted by molar-refractivity contribution is -0.139. The second-order valence-electron chi connectivity index (χ2n) is 4.93. The molecular weight excluding hydrogens is 348 g/mol. The molecule has 0 aliphatic carbocycles. The molecule has 0 atom stereocenters. The Morgan fingerprint density at radius 2 is 2.04 bits per heavy atom. The zero-order chi connectivity index (χ0) is 17.1. The molecule has 0 radical (unpaired) electrons. The number of fused-ring (bicyclic) bond motifs is 1. The van der Waals surface area contributed by atoms with Crippen molar-refractivity contribution in [1.29, 1.82) is 0 Å². The van der Waals surface area contributed by atoms with Crippen LogP contribution in [0.15, 0.2) is 42.5 Å². The molecule has 0 bridgehead atoms. The minimum atomic E-state index is -0.507. The highest BCUT2D eigenvalue weighted by atomic mass is 35.5. The topological polar surface area (TPSA) is 68.3 Å². The molecule has 5 nitrogen and oxygen atoms in total. The molecule has 0 unspecified atom stereocenters. The Morgan fingerprint density at radius 3 is 2.75 bits per heavy atom. The number of pyridine rings is 1. The van der Waals surface area contributed by atoms with Gasteiger partial charge in [-0.15, -0.1) is 11.3 Å². The molecule has 2 heterocycles. The predicted octanol–water partition coefficient (Wildman–Crippen LogP) is 3.52. The fourth-order valence-corrected chi connectivity index (χ4v) is 3.27. The van der Waals surface area contributed by atoms with E-state index in [-0.39, 0.29) is 12.5 Å². The molecular formula is C17H13ClN2O3S. The Labute approximate surface area is 147 Å². The zero-order valence-electron chi connectivity index (χ0n) is 12.7. The molecule has 1 N–H and O–H groups in total. The lowest BCUT2D eigenvalue weighted by atomic mass is 10.1. The third kappa shape index (κ3) is 3.39. The molecule has 0 saturated carbocycles. The van der Waals surface area contributed by atoms with Gasteiger partial charge in [0.05, 0.1) is 33.1 Å². The van der Waals surface area contributed by atoms with E-state index in [0.717, 1.165) is 4.88 Å². The quantitative estimate of drug-likeness (QED) is 0.723. The number of methoxy groups -OCH3 is 1. The first-order chi connectivity index (χ1) is 11.6. The van der Waals surface area contributed by atoms with Crippen LogP contribution >= 0.6 is 22.9 Å².